The Hall–Kier alpha value is -3.32. The number of fused-ring (bicyclic) bond motifs is 3. The standard InChI is InChI=1S/C41H49N/c1-39(2,3)30-24-31(40(4,5)6)26-34(25-30)42(32-18-14-17-29(23-32)28-15-10-9-11-16-28)33-21-22-36-35-19-12-13-20-37(35)41(7,8)38(36)27-33/h12-14,17-28H,9-11,15-16H2,1-8H3. The van der Waals surface area contributed by atoms with E-state index >= 15 is 0 Å². The smallest absolute Gasteiger partial charge is 0.0467 e. The van der Waals surface area contributed by atoms with E-state index in [0.29, 0.717) is 5.92 Å². The highest BCUT2D eigenvalue weighted by Crippen LogP contribution is 2.51. The van der Waals surface area contributed by atoms with Gasteiger partial charge in [-0.2, -0.15) is 0 Å². The van der Waals surface area contributed by atoms with E-state index in [1.54, 1.807) is 0 Å². The van der Waals surface area contributed by atoms with Crippen LogP contribution in [0.25, 0.3) is 11.1 Å². The lowest BCUT2D eigenvalue weighted by Gasteiger charge is -2.32. The third kappa shape index (κ3) is 5.21. The zero-order valence-corrected chi connectivity index (χ0v) is 27.1. The molecule has 0 N–H and O–H groups in total. The Bertz CT molecular complexity index is 1570. The number of rotatable bonds is 4. The monoisotopic (exact) mass is 555 g/mol. The van der Waals surface area contributed by atoms with Gasteiger partial charge in [-0.3, -0.25) is 0 Å². The summed E-state index contributed by atoms with van der Waals surface area (Å²) < 4.78 is 0. The van der Waals surface area contributed by atoms with E-state index in [9.17, 15) is 0 Å². The number of anilines is 3. The van der Waals surface area contributed by atoms with Gasteiger partial charge in [0.25, 0.3) is 0 Å². The van der Waals surface area contributed by atoms with E-state index < -0.39 is 0 Å². The van der Waals surface area contributed by atoms with Crippen LogP contribution in [0.15, 0.2) is 84.9 Å². The first-order valence-electron chi connectivity index (χ1n) is 16.1. The second kappa shape index (κ2) is 10.4. The molecule has 0 unspecified atom stereocenters. The van der Waals surface area contributed by atoms with Crippen LogP contribution in [0.1, 0.15) is 121 Å². The molecule has 1 saturated carbocycles. The van der Waals surface area contributed by atoms with E-state index in [-0.39, 0.29) is 16.2 Å². The molecule has 0 radical (unpaired) electrons. The fraction of sp³-hybridized carbons (Fsp3) is 0.415. The lowest BCUT2D eigenvalue weighted by molar-refractivity contribution is 0.443. The Morgan fingerprint density at radius 2 is 1.19 bits per heavy atom. The first-order valence-corrected chi connectivity index (χ1v) is 16.1. The van der Waals surface area contributed by atoms with Crippen molar-refractivity contribution in [3.63, 3.8) is 0 Å². The molecule has 1 fully saturated rings. The average Bonchev–Trinajstić information content (AvgIpc) is 3.19. The zero-order chi connectivity index (χ0) is 29.9. The Morgan fingerprint density at radius 1 is 0.571 bits per heavy atom. The largest absolute Gasteiger partial charge is 0.310 e. The van der Waals surface area contributed by atoms with Crippen LogP contribution in [0.4, 0.5) is 17.1 Å². The van der Waals surface area contributed by atoms with E-state index in [1.165, 1.54) is 88.1 Å². The number of benzene rings is 4. The van der Waals surface area contributed by atoms with Gasteiger partial charge >= 0.3 is 0 Å². The van der Waals surface area contributed by atoms with Crippen molar-refractivity contribution in [2.24, 2.45) is 0 Å². The van der Waals surface area contributed by atoms with Crippen LogP contribution in [0.5, 0.6) is 0 Å². The van der Waals surface area contributed by atoms with Crippen LogP contribution in [0, 0.1) is 0 Å². The molecule has 0 aliphatic heterocycles. The normalized spacial score (nSPS) is 16.7. The Labute approximate surface area is 255 Å². The molecule has 2 aliphatic rings. The highest BCUT2D eigenvalue weighted by Gasteiger charge is 2.36. The number of hydrogen-bond donors (Lipinski definition) is 0. The van der Waals surface area contributed by atoms with Crippen molar-refractivity contribution in [2.75, 3.05) is 4.90 Å². The highest BCUT2D eigenvalue weighted by atomic mass is 15.1. The Kier molecular flexibility index (Phi) is 7.16. The summed E-state index contributed by atoms with van der Waals surface area (Å²) in [6.45, 7) is 18.8. The third-order valence-corrected chi connectivity index (χ3v) is 9.94. The van der Waals surface area contributed by atoms with Gasteiger partial charge in [-0.15, -0.1) is 0 Å². The van der Waals surface area contributed by atoms with Crippen LogP contribution in [0.2, 0.25) is 0 Å². The van der Waals surface area contributed by atoms with Crippen molar-refractivity contribution >= 4 is 17.1 Å². The molecule has 0 aromatic heterocycles. The lowest BCUT2D eigenvalue weighted by atomic mass is 9.80. The summed E-state index contributed by atoms with van der Waals surface area (Å²) in [5.41, 5.74) is 13.6. The molecule has 0 spiro atoms. The predicted molar refractivity (Wildman–Crippen MR) is 182 cm³/mol. The summed E-state index contributed by atoms with van der Waals surface area (Å²) in [6, 6.07) is 32.9. The van der Waals surface area contributed by atoms with Crippen molar-refractivity contribution in [2.45, 2.75) is 110 Å². The lowest BCUT2D eigenvalue weighted by Crippen LogP contribution is -2.20. The van der Waals surface area contributed by atoms with Gasteiger partial charge in [0.1, 0.15) is 0 Å². The van der Waals surface area contributed by atoms with Crippen molar-refractivity contribution in [3.8, 4) is 11.1 Å². The molecule has 0 saturated heterocycles. The number of hydrogen-bond acceptors (Lipinski definition) is 1. The van der Waals surface area contributed by atoms with Crippen molar-refractivity contribution < 1.29 is 0 Å². The molecule has 0 bridgehead atoms. The van der Waals surface area contributed by atoms with Gasteiger partial charge in [-0.1, -0.05) is 123 Å². The molecule has 1 heteroatoms. The van der Waals surface area contributed by atoms with Gasteiger partial charge in [0.05, 0.1) is 0 Å². The van der Waals surface area contributed by atoms with Gasteiger partial charge in [0, 0.05) is 22.5 Å². The molecule has 4 aromatic carbocycles. The molecule has 2 aliphatic carbocycles. The highest BCUT2D eigenvalue weighted by molar-refractivity contribution is 5.85. The zero-order valence-electron chi connectivity index (χ0n) is 27.1. The quantitative estimate of drug-likeness (QED) is 0.242. The molecule has 6 rings (SSSR count). The van der Waals surface area contributed by atoms with Crippen LogP contribution in [-0.4, -0.2) is 0 Å². The van der Waals surface area contributed by atoms with Gasteiger partial charge < -0.3 is 4.90 Å². The van der Waals surface area contributed by atoms with Crippen molar-refractivity contribution in [1.29, 1.82) is 0 Å². The molecule has 218 valence electrons. The van der Waals surface area contributed by atoms with Crippen molar-refractivity contribution in [1.82, 2.24) is 0 Å². The maximum Gasteiger partial charge on any atom is 0.0467 e. The minimum atomic E-state index is -0.0403. The van der Waals surface area contributed by atoms with E-state index in [1.807, 2.05) is 0 Å². The minimum Gasteiger partial charge on any atom is -0.310 e. The van der Waals surface area contributed by atoms with Crippen LogP contribution in [-0.2, 0) is 16.2 Å². The fourth-order valence-electron chi connectivity index (χ4n) is 7.24. The van der Waals surface area contributed by atoms with Gasteiger partial charge in [0.2, 0.25) is 0 Å². The van der Waals surface area contributed by atoms with E-state index in [4.69, 9.17) is 0 Å². The molecule has 1 nitrogen and oxygen atoms in total. The maximum atomic E-state index is 2.54. The summed E-state index contributed by atoms with van der Waals surface area (Å²) in [4.78, 5) is 2.54. The first-order chi connectivity index (χ1) is 19.8. The van der Waals surface area contributed by atoms with Crippen LogP contribution >= 0.6 is 0 Å². The van der Waals surface area contributed by atoms with E-state index in [0.717, 1.165) is 0 Å². The van der Waals surface area contributed by atoms with Crippen LogP contribution < -0.4 is 4.90 Å². The summed E-state index contributed by atoms with van der Waals surface area (Å²) in [6.07, 6.45) is 6.69. The van der Waals surface area contributed by atoms with Gasteiger partial charge in [-0.05, 0) is 105 Å². The van der Waals surface area contributed by atoms with Crippen molar-refractivity contribution in [3.05, 3.63) is 113 Å². The Morgan fingerprint density at radius 3 is 1.86 bits per heavy atom. The number of nitrogens with zero attached hydrogens (tertiary/aromatic N) is 1. The molecule has 0 amide bonds. The molecular formula is C41H49N. The summed E-state index contributed by atoms with van der Waals surface area (Å²) in [5, 5.41) is 0. The molecule has 4 aromatic rings. The third-order valence-electron chi connectivity index (χ3n) is 9.94. The Balaban J connectivity index is 1.57. The minimum absolute atomic E-state index is 0.0403. The molecule has 0 heterocycles. The second-order valence-corrected chi connectivity index (χ2v) is 15.4. The topological polar surface area (TPSA) is 3.24 Å². The molecule has 42 heavy (non-hydrogen) atoms. The summed E-state index contributed by atoms with van der Waals surface area (Å²) >= 11 is 0. The van der Waals surface area contributed by atoms with Gasteiger partial charge in [-0.25, -0.2) is 0 Å². The maximum absolute atomic E-state index is 2.54. The summed E-state index contributed by atoms with van der Waals surface area (Å²) in [7, 11) is 0. The SMILES string of the molecule is CC(C)(C)c1cc(N(c2cccc(C3CCCCC3)c2)c2ccc3c(c2)C(C)(C)c2ccccc2-3)cc(C(C)(C)C)c1. The molecular weight excluding hydrogens is 506 g/mol. The second-order valence-electron chi connectivity index (χ2n) is 15.4. The van der Waals surface area contributed by atoms with Gasteiger partial charge in [0.15, 0.2) is 0 Å². The predicted octanol–water partition coefficient (Wildman–Crippen LogP) is 12.1. The van der Waals surface area contributed by atoms with E-state index in [2.05, 4.69) is 145 Å². The average molecular weight is 556 g/mol. The first kappa shape index (κ1) is 28.8. The summed E-state index contributed by atoms with van der Waals surface area (Å²) in [5.74, 6) is 0.667. The molecule has 0 atom stereocenters. The van der Waals surface area contributed by atoms with Crippen LogP contribution in [0.3, 0.4) is 0 Å². The fourth-order valence-corrected chi connectivity index (χ4v) is 7.24.